The molecule has 1 saturated heterocycles. The molecule has 0 spiro atoms. The van der Waals surface area contributed by atoms with Crippen LogP contribution in [0.5, 0.6) is 0 Å². The van der Waals surface area contributed by atoms with Gasteiger partial charge in [0.2, 0.25) is 0 Å². The molecule has 1 aromatic rings. The molecular formula is C18H30N2. The van der Waals surface area contributed by atoms with E-state index < -0.39 is 0 Å². The first-order chi connectivity index (χ1) is 9.56. The van der Waals surface area contributed by atoms with Crippen LogP contribution in [0.4, 0.5) is 0 Å². The van der Waals surface area contributed by atoms with Crippen molar-refractivity contribution in [3.63, 3.8) is 0 Å². The van der Waals surface area contributed by atoms with Gasteiger partial charge in [0.25, 0.3) is 0 Å². The van der Waals surface area contributed by atoms with E-state index in [2.05, 4.69) is 61.3 Å². The average Bonchev–Trinajstić information content (AvgIpc) is 2.92. The Labute approximate surface area is 124 Å². The molecule has 1 unspecified atom stereocenters. The van der Waals surface area contributed by atoms with E-state index >= 15 is 0 Å². The lowest BCUT2D eigenvalue weighted by Gasteiger charge is -2.29. The van der Waals surface area contributed by atoms with Crippen molar-refractivity contribution >= 4 is 0 Å². The lowest BCUT2D eigenvalue weighted by molar-refractivity contribution is 0.235. The Morgan fingerprint density at radius 1 is 1.10 bits per heavy atom. The van der Waals surface area contributed by atoms with Crippen LogP contribution in [0.2, 0.25) is 0 Å². The van der Waals surface area contributed by atoms with Crippen molar-refractivity contribution < 1.29 is 0 Å². The summed E-state index contributed by atoms with van der Waals surface area (Å²) in [4.78, 5) is 2.64. The lowest BCUT2D eigenvalue weighted by Crippen LogP contribution is -2.35. The van der Waals surface area contributed by atoms with Gasteiger partial charge in [0.1, 0.15) is 0 Å². The number of hydrogen-bond donors (Lipinski definition) is 1. The van der Waals surface area contributed by atoms with E-state index in [-0.39, 0.29) is 0 Å². The highest BCUT2D eigenvalue weighted by Gasteiger charge is 2.23. The maximum atomic E-state index is 3.68. The molecule has 1 heterocycles. The zero-order valence-electron chi connectivity index (χ0n) is 13.4. The third kappa shape index (κ3) is 4.92. The summed E-state index contributed by atoms with van der Waals surface area (Å²) in [5.74, 6) is 0. The summed E-state index contributed by atoms with van der Waals surface area (Å²) < 4.78 is 0. The Morgan fingerprint density at radius 3 is 2.35 bits per heavy atom. The van der Waals surface area contributed by atoms with Crippen LogP contribution in [0.1, 0.15) is 51.6 Å². The Bertz CT molecular complexity index is 374. The van der Waals surface area contributed by atoms with E-state index in [1.54, 1.807) is 0 Å². The number of likely N-dealkylation sites (tertiary alicyclic amines) is 1. The van der Waals surface area contributed by atoms with Gasteiger partial charge in [0, 0.05) is 12.6 Å². The van der Waals surface area contributed by atoms with Crippen molar-refractivity contribution in [2.45, 2.75) is 46.1 Å². The summed E-state index contributed by atoms with van der Waals surface area (Å²) in [6.07, 6.45) is 3.94. The molecular weight excluding hydrogens is 244 g/mol. The molecule has 112 valence electrons. The maximum Gasteiger partial charge on any atom is 0.0472 e. The molecule has 1 fully saturated rings. The van der Waals surface area contributed by atoms with Crippen LogP contribution in [0.3, 0.4) is 0 Å². The molecule has 1 aromatic carbocycles. The van der Waals surface area contributed by atoms with Gasteiger partial charge in [0.15, 0.2) is 0 Å². The Morgan fingerprint density at radius 2 is 1.75 bits per heavy atom. The van der Waals surface area contributed by atoms with E-state index in [1.807, 2.05) is 0 Å². The molecule has 0 aromatic heterocycles. The fourth-order valence-corrected chi connectivity index (χ4v) is 2.89. The van der Waals surface area contributed by atoms with Crippen LogP contribution in [0.25, 0.3) is 0 Å². The van der Waals surface area contributed by atoms with Gasteiger partial charge in [-0.25, -0.2) is 0 Å². The second kappa shape index (κ2) is 7.24. The monoisotopic (exact) mass is 274 g/mol. The van der Waals surface area contributed by atoms with Crippen molar-refractivity contribution in [1.29, 1.82) is 0 Å². The van der Waals surface area contributed by atoms with Gasteiger partial charge in [-0.05, 0) is 49.9 Å². The van der Waals surface area contributed by atoms with E-state index in [1.165, 1.54) is 37.9 Å². The number of benzene rings is 1. The SMILES string of the molecule is CC(C)(C)CCNCC(c1ccccc1)N1CCCC1. The first-order valence-electron chi connectivity index (χ1n) is 8.06. The summed E-state index contributed by atoms with van der Waals surface area (Å²) in [5, 5.41) is 3.68. The van der Waals surface area contributed by atoms with Crippen LogP contribution < -0.4 is 5.32 Å². The highest BCUT2D eigenvalue weighted by Crippen LogP contribution is 2.24. The fourth-order valence-electron chi connectivity index (χ4n) is 2.89. The van der Waals surface area contributed by atoms with Gasteiger partial charge in [-0.2, -0.15) is 0 Å². The first kappa shape index (κ1) is 15.5. The van der Waals surface area contributed by atoms with Crippen LogP contribution in [0, 0.1) is 5.41 Å². The standard InChI is InChI=1S/C18H30N2/c1-18(2,3)11-12-19-15-17(20-13-7-8-14-20)16-9-5-4-6-10-16/h4-6,9-10,17,19H,7-8,11-15H2,1-3H3. The molecule has 1 atom stereocenters. The normalized spacial score (nSPS) is 18.4. The van der Waals surface area contributed by atoms with Crippen molar-refractivity contribution in [3.05, 3.63) is 35.9 Å². The van der Waals surface area contributed by atoms with Crippen LogP contribution in [0.15, 0.2) is 30.3 Å². The fraction of sp³-hybridized carbons (Fsp3) is 0.667. The molecule has 0 amide bonds. The summed E-state index contributed by atoms with van der Waals surface area (Å²) in [6, 6.07) is 11.5. The Balaban J connectivity index is 1.90. The lowest BCUT2D eigenvalue weighted by atomic mass is 9.92. The molecule has 0 bridgehead atoms. The summed E-state index contributed by atoms with van der Waals surface area (Å²) >= 11 is 0. The van der Waals surface area contributed by atoms with E-state index in [0.717, 1.165) is 13.1 Å². The van der Waals surface area contributed by atoms with Gasteiger partial charge in [-0.3, -0.25) is 4.90 Å². The highest BCUT2D eigenvalue weighted by molar-refractivity contribution is 5.19. The zero-order chi connectivity index (χ0) is 14.4. The Hall–Kier alpha value is -0.860. The number of nitrogens with one attached hydrogen (secondary N) is 1. The first-order valence-corrected chi connectivity index (χ1v) is 8.06. The van der Waals surface area contributed by atoms with Gasteiger partial charge < -0.3 is 5.32 Å². The molecule has 20 heavy (non-hydrogen) atoms. The van der Waals surface area contributed by atoms with Gasteiger partial charge in [0.05, 0.1) is 0 Å². The second-order valence-corrected chi connectivity index (χ2v) is 7.18. The van der Waals surface area contributed by atoms with Crippen molar-refractivity contribution in [1.82, 2.24) is 10.2 Å². The summed E-state index contributed by atoms with van der Waals surface area (Å²) in [6.45, 7) is 11.6. The quantitative estimate of drug-likeness (QED) is 0.793. The number of nitrogens with zero attached hydrogens (tertiary/aromatic N) is 1. The third-order valence-electron chi connectivity index (χ3n) is 4.16. The van der Waals surface area contributed by atoms with Crippen molar-refractivity contribution in [3.8, 4) is 0 Å². The summed E-state index contributed by atoms with van der Waals surface area (Å²) in [5.41, 5.74) is 1.88. The minimum Gasteiger partial charge on any atom is -0.315 e. The highest BCUT2D eigenvalue weighted by atomic mass is 15.2. The van der Waals surface area contributed by atoms with Crippen LogP contribution in [-0.4, -0.2) is 31.1 Å². The number of hydrogen-bond acceptors (Lipinski definition) is 2. The second-order valence-electron chi connectivity index (χ2n) is 7.18. The zero-order valence-corrected chi connectivity index (χ0v) is 13.4. The van der Waals surface area contributed by atoms with Crippen molar-refractivity contribution in [2.24, 2.45) is 5.41 Å². The third-order valence-corrected chi connectivity index (χ3v) is 4.16. The average molecular weight is 274 g/mol. The van der Waals surface area contributed by atoms with E-state index in [0.29, 0.717) is 11.5 Å². The van der Waals surface area contributed by atoms with Crippen LogP contribution >= 0.6 is 0 Å². The Kier molecular flexibility index (Phi) is 5.62. The molecule has 2 nitrogen and oxygen atoms in total. The molecule has 1 N–H and O–H groups in total. The maximum absolute atomic E-state index is 3.68. The molecule has 0 saturated carbocycles. The van der Waals surface area contributed by atoms with Gasteiger partial charge >= 0.3 is 0 Å². The van der Waals surface area contributed by atoms with Crippen molar-refractivity contribution in [2.75, 3.05) is 26.2 Å². The topological polar surface area (TPSA) is 15.3 Å². The van der Waals surface area contributed by atoms with E-state index in [4.69, 9.17) is 0 Å². The number of rotatable bonds is 6. The smallest absolute Gasteiger partial charge is 0.0472 e. The molecule has 1 aliphatic heterocycles. The van der Waals surface area contributed by atoms with Crippen LogP contribution in [-0.2, 0) is 0 Å². The van der Waals surface area contributed by atoms with E-state index in [9.17, 15) is 0 Å². The van der Waals surface area contributed by atoms with Gasteiger partial charge in [-0.1, -0.05) is 51.1 Å². The van der Waals surface area contributed by atoms with Gasteiger partial charge in [-0.15, -0.1) is 0 Å². The predicted octanol–water partition coefficient (Wildman–Crippen LogP) is 3.85. The molecule has 0 radical (unpaired) electrons. The molecule has 2 heteroatoms. The minimum absolute atomic E-state index is 0.420. The predicted molar refractivity (Wildman–Crippen MR) is 86.9 cm³/mol. The molecule has 2 rings (SSSR count). The minimum atomic E-state index is 0.420. The summed E-state index contributed by atoms with van der Waals surface area (Å²) in [7, 11) is 0. The largest absolute Gasteiger partial charge is 0.315 e. The molecule has 1 aliphatic rings. The molecule has 0 aliphatic carbocycles.